The van der Waals surface area contributed by atoms with E-state index in [0.29, 0.717) is 17.1 Å². The molecule has 0 bridgehead atoms. The number of hydrogen-bond acceptors (Lipinski definition) is 6. The fourth-order valence-electron chi connectivity index (χ4n) is 2.64. The molecule has 0 saturated heterocycles. The number of anilines is 1. The summed E-state index contributed by atoms with van der Waals surface area (Å²) in [5.74, 6) is -2.32. The lowest BCUT2D eigenvalue weighted by atomic mass is 9.97. The van der Waals surface area contributed by atoms with Crippen molar-refractivity contribution < 1.29 is 28.6 Å². The van der Waals surface area contributed by atoms with Gasteiger partial charge in [0.1, 0.15) is 0 Å². The Morgan fingerprint density at radius 2 is 1.59 bits per heavy atom. The van der Waals surface area contributed by atoms with Crippen molar-refractivity contribution in [2.45, 2.75) is 12.8 Å². The van der Waals surface area contributed by atoms with Crippen molar-refractivity contribution >= 4 is 35.3 Å². The van der Waals surface area contributed by atoms with E-state index in [1.165, 1.54) is 14.2 Å². The van der Waals surface area contributed by atoms with Gasteiger partial charge in [-0.15, -0.1) is 0 Å². The number of nitrogens with one attached hydrogen (secondary N) is 1. The van der Waals surface area contributed by atoms with Crippen LogP contribution in [0.5, 0.6) is 0 Å². The maximum atomic E-state index is 11.8. The predicted molar refractivity (Wildman–Crippen MR) is 108 cm³/mol. The van der Waals surface area contributed by atoms with Crippen LogP contribution in [0, 0.1) is 5.92 Å². The molecule has 0 atom stereocenters. The van der Waals surface area contributed by atoms with Crippen LogP contribution < -0.4 is 5.32 Å². The molecule has 0 spiro atoms. The molecule has 0 unspecified atom stereocenters. The minimum Gasteiger partial charge on any atom is -0.468 e. The molecule has 1 N–H and O–H groups in total. The summed E-state index contributed by atoms with van der Waals surface area (Å²) < 4.78 is 14.5. The summed E-state index contributed by atoms with van der Waals surface area (Å²) in [7, 11) is 2.45. The van der Waals surface area contributed by atoms with Crippen molar-refractivity contribution in [1.29, 1.82) is 0 Å². The summed E-state index contributed by atoms with van der Waals surface area (Å²) in [6, 6.07) is 14.0. The first kappa shape index (κ1) is 22.2. The average Bonchev–Trinajstić information content (AvgIpc) is 2.73. The average molecular weight is 420 g/mol. The molecule has 0 aliphatic carbocycles. The molecule has 2 aromatic rings. The summed E-state index contributed by atoms with van der Waals surface area (Å²) in [4.78, 5) is 35.5. The van der Waals surface area contributed by atoms with E-state index in [1.807, 2.05) is 18.2 Å². The summed E-state index contributed by atoms with van der Waals surface area (Å²) >= 11 is 5.80. The van der Waals surface area contributed by atoms with Crippen LogP contribution in [-0.4, -0.2) is 38.9 Å². The topological polar surface area (TPSA) is 90.9 Å². The molecule has 8 heteroatoms. The molecule has 0 aromatic heterocycles. The molecule has 0 radical (unpaired) electrons. The zero-order chi connectivity index (χ0) is 21.2. The van der Waals surface area contributed by atoms with Crippen molar-refractivity contribution in [2.75, 3.05) is 26.1 Å². The summed E-state index contributed by atoms with van der Waals surface area (Å²) in [6.07, 6.45) is 0.0635. The number of esters is 2. The lowest BCUT2D eigenvalue weighted by Crippen LogP contribution is -2.28. The third-order valence-corrected chi connectivity index (χ3v) is 4.37. The molecule has 0 fully saturated rings. The Bertz CT molecular complexity index is 837. The minimum absolute atomic E-state index is 0.158. The third-order valence-electron chi connectivity index (χ3n) is 4.12. The Labute approximate surface area is 173 Å². The number of rotatable bonds is 8. The van der Waals surface area contributed by atoms with E-state index in [9.17, 15) is 14.4 Å². The quantitative estimate of drug-likeness (QED) is 0.399. The zero-order valence-corrected chi connectivity index (χ0v) is 16.9. The number of carbonyl (C=O) groups is 3. The van der Waals surface area contributed by atoms with Crippen molar-refractivity contribution in [3.63, 3.8) is 0 Å². The van der Waals surface area contributed by atoms with E-state index in [1.54, 1.807) is 30.3 Å². The Morgan fingerprint density at radius 1 is 0.966 bits per heavy atom. The van der Waals surface area contributed by atoms with Crippen LogP contribution in [0.4, 0.5) is 10.5 Å². The Kier molecular flexibility index (Phi) is 8.48. The van der Waals surface area contributed by atoms with Gasteiger partial charge in [0, 0.05) is 17.1 Å². The molecule has 1 amide bonds. The van der Waals surface area contributed by atoms with Gasteiger partial charge in [-0.05, 0) is 41.8 Å². The largest absolute Gasteiger partial charge is 0.468 e. The molecule has 0 aliphatic heterocycles. The van der Waals surface area contributed by atoms with Crippen molar-refractivity contribution in [2.24, 2.45) is 5.92 Å². The van der Waals surface area contributed by atoms with E-state index in [4.69, 9.17) is 16.3 Å². The van der Waals surface area contributed by atoms with Gasteiger partial charge in [0.2, 0.25) is 0 Å². The van der Waals surface area contributed by atoms with Gasteiger partial charge in [0.25, 0.3) is 0 Å². The van der Waals surface area contributed by atoms with E-state index >= 15 is 0 Å². The molecule has 29 heavy (non-hydrogen) atoms. The normalized spacial score (nSPS) is 10.3. The van der Waals surface area contributed by atoms with Crippen molar-refractivity contribution in [3.05, 3.63) is 64.7 Å². The lowest BCUT2D eigenvalue weighted by Gasteiger charge is -2.13. The maximum absolute atomic E-state index is 11.8. The van der Waals surface area contributed by atoms with Crippen LogP contribution in [-0.2, 0) is 36.6 Å². The standard InChI is InChI=1S/C21H22ClNO6/c1-27-19(24)18(20(25)28-2)13-15-5-3-4-14(12-15)10-11-29-21(26)23-17-8-6-16(22)7-9-17/h3-9,12,18H,10-11,13H2,1-2H3,(H,23,26). The van der Waals surface area contributed by atoms with Crippen LogP contribution >= 0.6 is 11.6 Å². The van der Waals surface area contributed by atoms with Crippen molar-refractivity contribution in [1.82, 2.24) is 0 Å². The number of ether oxygens (including phenoxy) is 3. The van der Waals surface area contributed by atoms with Gasteiger partial charge < -0.3 is 14.2 Å². The van der Waals surface area contributed by atoms with Gasteiger partial charge in [-0.1, -0.05) is 35.9 Å². The highest BCUT2D eigenvalue weighted by atomic mass is 35.5. The molecular formula is C21H22ClNO6. The predicted octanol–water partition coefficient (Wildman–Crippen LogP) is 3.64. The van der Waals surface area contributed by atoms with Crippen LogP contribution in [0.25, 0.3) is 0 Å². The van der Waals surface area contributed by atoms with E-state index in [-0.39, 0.29) is 13.0 Å². The van der Waals surface area contributed by atoms with Gasteiger partial charge in [0.15, 0.2) is 5.92 Å². The third kappa shape index (κ3) is 7.12. The van der Waals surface area contributed by atoms with Gasteiger partial charge in [0.05, 0.1) is 20.8 Å². The monoisotopic (exact) mass is 419 g/mol. The van der Waals surface area contributed by atoms with Crippen molar-refractivity contribution in [3.8, 4) is 0 Å². The maximum Gasteiger partial charge on any atom is 0.411 e. The van der Waals surface area contributed by atoms with Gasteiger partial charge >= 0.3 is 18.0 Å². The first-order valence-electron chi connectivity index (χ1n) is 8.85. The second-order valence-corrected chi connectivity index (χ2v) is 6.58. The smallest absolute Gasteiger partial charge is 0.411 e. The van der Waals surface area contributed by atoms with Crippen LogP contribution in [0.15, 0.2) is 48.5 Å². The zero-order valence-electron chi connectivity index (χ0n) is 16.1. The lowest BCUT2D eigenvalue weighted by molar-refractivity contribution is -0.158. The Morgan fingerprint density at radius 3 is 2.21 bits per heavy atom. The first-order chi connectivity index (χ1) is 13.9. The SMILES string of the molecule is COC(=O)C(Cc1cccc(CCOC(=O)Nc2ccc(Cl)cc2)c1)C(=O)OC. The summed E-state index contributed by atoms with van der Waals surface area (Å²) in [5.41, 5.74) is 2.25. The molecule has 0 aliphatic rings. The summed E-state index contributed by atoms with van der Waals surface area (Å²) in [5, 5.41) is 3.18. The molecule has 2 aromatic carbocycles. The number of halogens is 1. The number of methoxy groups -OCH3 is 2. The van der Waals surface area contributed by atoms with E-state index in [0.717, 1.165) is 11.1 Å². The molecule has 2 rings (SSSR count). The Balaban J connectivity index is 1.88. The number of amides is 1. The van der Waals surface area contributed by atoms with Gasteiger partial charge in [-0.3, -0.25) is 14.9 Å². The fraction of sp³-hybridized carbons (Fsp3) is 0.286. The second kappa shape index (κ2) is 11.1. The Hall–Kier alpha value is -3.06. The number of hydrogen-bond donors (Lipinski definition) is 1. The molecule has 0 saturated carbocycles. The molecule has 0 heterocycles. The van der Waals surface area contributed by atoms with Gasteiger partial charge in [-0.25, -0.2) is 4.79 Å². The van der Waals surface area contributed by atoms with Crippen LogP contribution in [0.3, 0.4) is 0 Å². The molecule has 7 nitrogen and oxygen atoms in total. The molecule has 154 valence electrons. The minimum atomic E-state index is -1.03. The van der Waals surface area contributed by atoms with E-state index < -0.39 is 23.9 Å². The highest BCUT2D eigenvalue weighted by molar-refractivity contribution is 6.30. The number of benzene rings is 2. The van der Waals surface area contributed by atoms with Gasteiger partial charge in [-0.2, -0.15) is 0 Å². The van der Waals surface area contributed by atoms with Crippen LogP contribution in [0.2, 0.25) is 5.02 Å². The molecular weight excluding hydrogens is 398 g/mol. The van der Waals surface area contributed by atoms with E-state index in [2.05, 4.69) is 14.8 Å². The highest BCUT2D eigenvalue weighted by Gasteiger charge is 2.28. The number of carbonyl (C=O) groups excluding carboxylic acids is 3. The highest BCUT2D eigenvalue weighted by Crippen LogP contribution is 2.15. The second-order valence-electron chi connectivity index (χ2n) is 6.14. The fourth-order valence-corrected chi connectivity index (χ4v) is 2.77. The van der Waals surface area contributed by atoms with Crippen LogP contribution in [0.1, 0.15) is 11.1 Å². The summed E-state index contributed by atoms with van der Waals surface area (Å²) in [6.45, 7) is 0.167. The first-order valence-corrected chi connectivity index (χ1v) is 9.23.